The summed E-state index contributed by atoms with van der Waals surface area (Å²) >= 11 is 0. The number of carbonyl (C=O) groups excluding carboxylic acids is 1. The van der Waals surface area contributed by atoms with E-state index in [1.807, 2.05) is 0 Å². The lowest BCUT2D eigenvalue weighted by Gasteiger charge is -2.09. The highest BCUT2D eigenvalue weighted by Gasteiger charge is 2.32. The number of fused-ring (bicyclic) bond motifs is 1. The number of nitrogens with one attached hydrogen (secondary N) is 1. The van der Waals surface area contributed by atoms with Crippen molar-refractivity contribution in [2.45, 2.75) is 19.0 Å². The summed E-state index contributed by atoms with van der Waals surface area (Å²) < 4.78 is 40.0. The van der Waals surface area contributed by atoms with Crippen LogP contribution in [0.3, 0.4) is 0 Å². The maximum Gasteiger partial charge on any atom is 0.416 e. The quantitative estimate of drug-likeness (QED) is 0.785. The molecule has 1 N–H and O–H groups in total. The molecule has 2 aromatic heterocycles. The second-order valence-electron chi connectivity index (χ2n) is 5.94. The van der Waals surface area contributed by atoms with Gasteiger partial charge < -0.3 is 5.32 Å². The minimum atomic E-state index is -4.40. The topological polar surface area (TPSA) is 59.3 Å². The lowest BCUT2D eigenvalue weighted by atomic mass is 10.1. The number of amides is 1. The molecule has 0 unspecified atom stereocenters. The van der Waals surface area contributed by atoms with Gasteiger partial charge in [0.05, 0.1) is 11.3 Å². The van der Waals surface area contributed by atoms with Gasteiger partial charge in [-0.05, 0) is 31.0 Å². The fourth-order valence-electron chi connectivity index (χ4n) is 2.63. The molecule has 1 saturated carbocycles. The zero-order valence-corrected chi connectivity index (χ0v) is 12.9. The number of hydrogen-bond acceptors (Lipinski definition) is 3. The summed E-state index contributed by atoms with van der Waals surface area (Å²) in [6.07, 6.45) is 0.545. The molecule has 1 aromatic carbocycles. The van der Waals surface area contributed by atoms with Crippen molar-refractivity contribution in [3.8, 4) is 11.3 Å². The molecule has 1 amide bonds. The molecule has 4 rings (SSSR count). The maximum atomic E-state index is 12.8. The molecule has 1 aliphatic rings. The van der Waals surface area contributed by atoms with Crippen LogP contribution >= 0.6 is 0 Å². The molecular weight excluding hydrogens is 333 g/mol. The first kappa shape index (κ1) is 15.6. The number of halogens is 3. The van der Waals surface area contributed by atoms with E-state index >= 15 is 0 Å². The molecule has 5 nitrogen and oxygen atoms in total. The second-order valence-corrected chi connectivity index (χ2v) is 5.94. The number of imidazole rings is 1. The lowest BCUT2D eigenvalue weighted by molar-refractivity contribution is -0.137. The van der Waals surface area contributed by atoms with E-state index in [0.29, 0.717) is 22.9 Å². The minimum Gasteiger partial charge on any atom is -0.309 e. The molecule has 3 aromatic rings. The van der Waals surface area contributed by atoms with Gasteiger partial charge in [0, 0.05) is 23.9 Å². The molecule has 0 spiro atoms. The van der Waals surface area contributed by atoms with Crippen molar-refractivity contribution in [3.63, 3.8) is 0 Å². The molecule has 1 aliphatic carbocycles. The molecule has 0 radical (unpaired) electrons. The number of rotatable bonds is 3. The van der Waals surface area contributed by atoms with Gasteiger partial charge in [-0.2, -0.15) is 18.2 Å². The van der Waals surface area contributed by atoms with E-state index in [2.05, 4.69) is 15.3 Å². The number of hydrogen-bond donors (Lipinski definition) is 1. The van der Waals surface area contributed by atoms with Crippen LogP contribution in [0.4, 0.5) is 19.0 Å². The summed E-state index contributed by atoms with van der Waals surface area (Å²) in [6, 6.07) is 6.45. The van der Waals surface area contributed by atoms with Crippen molar-refractivity contribution in [1.82, 2.24) is 14.4 Å². The van der Waals surface area contributed by atoms with Crippen molar-refractivity contribution in [3.05, 3.63) is 48.3 Å². The summed E-state index contributed by atoms with van der Waals surface area (Å²) in [5.74, 6) is 0.522. The lowest BCUT2D eigenvalue weighted by Crippen LogP contribution is -2.14. The van der Waals surface area contributed by atoms with Gasteiger partial charge in [-0.25, -0.2) is 4.98 Å². The Morgan fingerprint density at radius 3 is 2.56 bits per heavy atom. The third-order valence-corrected chi connectivity index (χ3v) is 4.08. The van der Waals surface area contributed by atoms with Crippen LogP contribution in [-0.4, -0.2) is 20.3 Å². The number of alkyl halides is 3. The van der Waals surface area contributed by atoms with E-state index in [-0.39, 0.29) is 11.8 Å². The van der Waals surface area contributed by atoms with Crippen LogP contribution in [0.25, 0.3) is 17.0 Å². The zero-order valence-electron chi connectivity index (χ0n) is 12.9. The smallest absolute Gasteiger partial charge is 0.309 e. The normalized spacial score (nSPS) is 14.7. The van der Waals surface area contributed by atoms with Crippen molar-refractivity contribution in [1.29, 1.82) is 0 Å². The van der Waals surface area contributed by atoms with E-state index in [1.165, 1.54) is 12.1 Å². The number of anilines is 1. The van der Waals surface area contributed by atoms with Crippen molar-refractivity contribution < 1.29 is 18.0 Å². The van der Waals surface area contributed by atoms with E-state index in [0.717, 1.165) is 25.0 Å². The van der Waals surface area contributed by atoms with Crippen LogP contribution in [0.1, 0.15) is 18.4 Å². The van der Waals surface area contributed by atoms with Gasteiger partial charge in [-0.1, -0.05) is 12.1 Å². The van der Waals surface area contributed by atoms with E-state index in [1.54, 1.807) is 22.9 Å². The summed E-state index contributed by atoms with van der Waals surface area (Å²) in [5, 5.41) is 2.77. The molecule has 1 fully saturated rings. The van der Waals surface area contributed by atoms with Crippen LogP contribution in [0.15, 0.2) is 42.7 Å². The van der Waals surface area contributed by atoms with E-state index in [9.17, 15) is 18.0 Å². The summed E-state index contributed by atoms with van der Waals surface area (Å²) in [7, 11) is 0. The Labute approximate surface area is 140 Å². The molecule has 0 aliphatic heterocycles. The maximum absolute atomic E-state index is 12.8. The Morgan fingerprint density at radius 1 is 1.20 bits per heavy atom. The van der Waals surface area contributed by atoms with Crippen molar-refractivity contribution >= 4 is 17.5 Å². The minimum absolute atomic E-state index is 0.0155. The van der Waals surface area contributed by atoms with Gasteiger partial charge in [-0.15, -0.1) is 0 Å². The molecule has 0 bridgehead atoms. The molecule has 8 heteroatoms. The third-order valence-electron chi connectivity index (χ3n) is 4.08. The van der Waals surface area contributed by atoms with E-state index in [4.69, 9.17) is 0 Å². The molecule has 0 saturated heterocycles. The third kappa shape index (κ3) is 2.95. The number of benzene rings is 1. The monoisotopic (exact) mass is 346 g/mol. The van der Waals surface area contributed by atoms with Gasteiger partial charge in [0.15, 0.2) is 5.82 Å². The summed E-state index contributed by atoms with van der Waals surface area (Å²) in [5.41, 5.74) is 0.289. The standard InChI is InChI=1S/C17H13F3N4O/c18-17(19,20)12-6-4-10(5-7-12)13-14(22-15(25)11-2-3-11)23-16-21-8-1-9-24(13)16/h1,4-9,11H,2-3H2,(H,22,25). The first-order valence-corrected chi connectivity index (χ1v) is 7.75. The Balaban J connectivity index is 1.80. The summed E-state index contributed by atoms with van der Waals surface area (Å²) in [4.78, 5) is 20.5. The Bertz CT molecular complexity index is 943. The molecular formula is C17H13F3N4O. The Kier molecular flexibility index (Phi) is 3.48. The SMILES string of the molecule is O=C(Nc1nc2ncccn2c1-c1ccc(C(F)(F)F)cc1)C1CC1. The predicted octanol–water partition coefficient (Wildman–Crippen LogP) is 3.76. The van der Waals surface area contributed by atoms with Gasteiger partial charge in [0.2, 0.25) is 11.7 Å². The first-order chi connectivity index (χ1) is 11.9. The van der Waals surface area contributed by atoms with Crippen LogP contribution in [-0.2, 0) is 11.0 Å². The van der Waals surface area contributed by atoms with Crippen molar-refractivity contribution in [2.75, 3.05) is 5.32 Å². The highest BCUT2D eigenvalue weighted by molar-refractivity contribution is 5.96. The van der Waals surface area contributed by atoms with Gasteiger partial charge in [0.25, 0.3) is 0 Å². The van der Waals surface area contributed by atoms with Gasteiger partial charge in [-0.3, -0.25) is 9.20 Å². The number of nitrogens with zero attached hydrogens (tertiary/aromatic N) is 3. The second kappa shape index (κ2) is 5.58. The highest BCUT2D eigenvalue weighted by atomic mass is 19.4. The molecule has 128 valence electrons. The van der Waals surface area contributed by atoms with Crippen LogP contribution in [0.2, 0.25) is 0 Å². The average molecular weight is 346 g/mol. The largest absolute Gasteiger partial charge is 0.416 e. The molecule has 0 atom stereocenters. The fourth-order valence-corrected chi connectivity index (χ4v) is 2.63. The molecule has 2 heterocycles. The Hall–Kier alpha value is -2.90. The first-order valence-electron chi connectivity index (χ1n) is 7.75. The average Bonchev–Trinajstić information content (AvgIpc) is 3.36. The van der Waals surface area contributed by atoms with Crippen molar-refractivity contribution in [2.24, 2.45) is 5.92 Å². The highest BCUT2D eigenvalue weighted by Crippen LogP contribution is 2.35. The van der Waals surface area contributed by atoms with Crippen LogP contribution in [0, 0.1) is 5.92 Å². The van der Waals surface area contributed by atoms with Crippen LogP contribution in [0.5, 0.6) is 0 Å². The summed E-state index contributed by atoms with van der Waals surface area (Å²) in [6.45, 7) is 0. The number of carbonyl (C=O) groups is 1. The fraction of sp³-hybridized carbons (Fsp3) is 0.235. The van der Waals surface area contributed by atoms with Gasteiger partial charge >= 0.3 is 6.18 Å². The van der Waals surface area contributed by atoms with Gasteiger partial charge in [0.1, 0.15) is 0 Å². The van der Waals surface area contributed by atoms with E-state index < -0.39 is 11.7 Å². The zero-order chi connectivity index (χ0) is 17.6. The predicted molar refractivity (Wildman–Crippen MR) is 84.8 cm³/mol. The Morgan fingerprint density at radius 2 is 1.92 bits per heavy atom. The van der Waals surface area contributed by atoms with Crippen LogP contribution < -0.4 is 5.32 Å². The number of aromatic nitrogens is 3. The molecule has 25 heavy (non-hydrogen) atoms.